The van der Waals surface area contributed by atoms with Crippen LogP contribution >= 0.6 is 81.2 Å². The highest BCUT2D eigenvalue weighted by atomic mass is 35.5. The molecule has 4 saturated heterocycles. The van der Waals surface area contributed by atoms with Crippen molar-refractivity contribution in [3.05, 3.63) is 25.4 Å². The summed E-state index contributed by atoms with van der Waals surface area (Å²) >= 11 is 35.4. The first kappa shape index (κ1) is 68.2. The van der Waals surface area contributed by atoms with Gasteiger partial charge in [0.25, 0.3) is 26.4 Å². The summed E-state index contributed by atoms with van der Waals surface area (Å²) < 4.78 is 233. The van der Waals surface area contributed by atoms with Crippen LogP contribution in [0.15, 0.2) is 25.4 Å². The monoisotopic (exact) mass is 1100 g/mol. The molecule has 0 saturated carbocycles. The first-order chi connectivity index (χ1) is 27.6. The van der Waals surface area contributed by atoms with E-state index in [0.717, 1.165) is 20.1 Å². The first-order valence-electron chi connectivity index (χ1n) is 15.1. The average molecular weight is 1100 g/mol. The van der Waals surface area contributed by atoms with Gasteiger partial charge in [0.2, 0.25) is 0 Å². The van der Waals surface area contributed by atoms with Crippen molar-refractivity contribution in [2.24, 2.45) is 0 Å². The van der Waals surface area contributed by atoms with Crippen LogP contribution in [0.3, 0.4) is 0 Å². The van der Waals surface area contributed by atoms with Crippen molar-refractivity contribution in [1.82, 2.24) is 0 Å². The van der Waals surface area contributed by atoms with Crippen molar-refractivity contribution in [2.75, 3.05) is 53.3 Å². The zero-order valence-electron chi connectivity index (χ0n) is 31.9. The average Bonchev–Trinajstić information content (AvgIpc) is 3.76. The van der Waals surface area contributed by atoms with E-state index < -0.39 is 73.5 Å². The molecule has 5 heterocycles. The second kappa shape index (κ2) is 26.2. The summed E-state index contributed by atoms with van der Waals surface area (Å²) in [7, 11) is 1.00. The van der Waals surface area contributed by atoms with Gasteiger partial charge in [-0.15, -0.1) is 24.8 Å². The predicted molar refractivity (Wildman–Crippen MR) is 188 cm³/mol. The van der Waals surface area contributed by atoms with Crippen molar-refractivity contribution in [2.45, 2.75) is 95.2 Å². The summed E-state index contributed by atoms with van der Waals surface area (Å²) in [5.74, 6) is -11.4. The van der Waals surface area contributed by atoms with Crippen LogP contribution in [-0.2, 0) is 42.6 Å². The van der Waals surface area contributed by atoms with Gasteiger partial charge in [0.15, 0.2) is 6.26 Å². The van der Waals surface area contributed by atoms with Gasteiger partial charge in [0.1, 0.15) is 0 Å². The Morgan fingerprint density at radius 3 is 0.952 bits per heavy atom. The summed E-state index contributed by atoms with van der Waals surface area (Å²) in [5.41, 5.74) is 0. The molecule has 0 aromatic heterocycles. The molecule has 4 fully saturated rings. The minimum atomic E-state index is -5.16. The zero-order valence-corrected chi connectivity index (χ0v) is 37.2. The number of aliphatic hydroxyl groups is 1. The molecule has 376 valence electrons. The summed E-state index contributed by atoms with van der Waals surface area (Å²) in [6.45, 7) is 10.4. The lowest BCUT2D eigenvalue weighted by atomic mass is 10.3. The lowest BCUT2D eigenvalue weighted by Gasteiger charge is -2.25. The fourth-order valence-electron chi connectivity index (χ4n) is 2.68. The Morgan fingerprint density at radius 2 is 0.823 bits per heavy atom. The van der Waals surface area contributed by atoms with Gasteiger partial charge in [-0.3, -0.25) is 18.3 Å². The van der Waals surface area contributed by atoms with E-state index in [-0.39, 0.29) is 33.0 Å². The predicted octanol–water partition coefficient (Wildman–Crippen LogP) is 12.2. The molecule has 0 spiro atoms. The van der Waals surface area contributed by atoms with Crippen molar-refractivity contribution in [3.8, 4) is 0 Å². The number of halogens is 24. The molecule has 3 atom stereocenters. The summed E-state index contributed by atoms with van der Waals surface area (Å²) in [6, 6.07) is -1.37. The van der Waals surface area contributed by atoms with Crippen LogP contribution in [0, 0.1) is 0 Å². The van der Waals surface area contributed by atoms with Gasteiger partial charge in [-0.05, 0) is 44.0 Å². The molecule has 5 aliphatic heterocycles. The third kappa shape index (κ3) is 20.6. The molecule has 34 heteroatoms. The number of rotatable bonds is 1. The van der Waals surface area contributed by atoms with E-state index >= 15 is 0 Å². The van der Waals surface area contributed by atoms with Gasteiger partial charge >= 0.3 is 47.1 Å². The number of hydrogen-bond donors (Lipinski definition) is 1. The fourth-order valence-corrected chi connectivity index (χ4v) is 3.80. The number of ether oxygens (including phenoxy) is 9. The molecule has 0 radical (unpaired) electrons. The van der Waals surface area contributed by atoms with E-state index in [1.54, 1.807) is 0 Å². The molecule has 0 aliphatic carbocycles. The largest absolute Gasteiger partial charge is 0.467 e. The van der Waals surface area contributed by atoms with E-state index in [2.05, 4.69) is 79.0 Å². The lowest BCUT2D eigenvalue weighted by Crippen LogP contribution is -2.44. The van der Waals surface area contributed by atoms with Crippen LogP contribution < -0.4 is 0 Å². The van der Waals surface area contributed by atoms with Crippen LogP contribution in [-0.4, -0.2) is 126 Å². The Labute approximate surface area is 376 Å². The Bertz CT molecular complexity index is 1210. The van der Waals surface area contributed by atoms with Crippen molar-refractivity contribution >= 4 is 81.2 Å². The number of hydrogen-bond acceptors (Lipinski definition) is 10. The van der Waals surface area contributed by atoms with E-state index in [1.807, 2.05) is 0 Å². The molecular formula is C28H36Cl7F17O10. The number of alkyl halides is 23. The first-order valence-corrected chi connectivity index (χ1v) is 17.9. The third-order valence-corrected chi connectivity index (χ3v) is 8.49. The maximum absolute atomic E-state index is 12.8. The Balaban J connectivity index is -0.000000332. The van der Waals surface area contributed by atoms with Crippen LogP contribution in [0.1, 0.15) is 27.7 Å². The van der Waals surface area contributed by atoms with Crippen LogP contribution in [0.2, 0.25) is 0 Å². The molecule has 0 bridgehead atoms. The minimum Gasteiger partial charge on any atom is -0.446 e. The molecule has 1 N–H and O–H groups in total. The highest BCUT2D eigenvalue weighted by Crippen LogP contribution is 2.58. The van der Waals surface area contributed by atoms with Gasteiger partial charge in [-0.2, -0.15) is 65.9 Å². The number of aliphatic hydroxyl groups excluding tert-OH is 1. The van der Waals surface area contributed by atoms with Crippen molar-refractivity contribution < 1.29 is 122 Å². The fraction of sp³-hybridized carbons (Fsp3) is 0.857. The van der Waals surface area contributed by atoms with E-state index in [0.29, 0.717) is 34.1 Å². The maximum Gasteiger partial charge on any atom is 0.467 e. The standard InChI is InChI=1S/C5H3Cl4F3O2.C5H3Cl2F5O2.C5H4F4O2.C5H7F3O2.C2H5ClO.C2H4O.C2H4.2CH3F/c1-2(5(10,11)12)13-3(6,7)4(8,9)14-2;1-2(5(10,11)12)13-3(6,8)4(7,9)14-2;1-4(5(7,8)9)10-2-3(6)11-4;1-4(5(6,7)8)9-2-3-10-4;3-1-2-4;1-2-3-1;3*1-2/h2*1H3;2H,1H3;2-3H2,1H3;4H,1-2H2;1-2H2;1-2H2;2*1H3. The highest BCUT2D eigenvalue weighted by Gasteiger charge is 2.75. The van der Waals surface area contributed by atoms with Gasteiger partial charge in [-0.1, -0.05) is 46.4 Å². The Hall–Kier alpha value is -0.400. The quantitative estimate of drug-likeness (QED) is 0.118. The van der Waals surface area contributed by atoms with Crippen molar-refractivity contribution in [3.63, 3.8) is 0 Å². The Morgan fingerprint density at radius 1 is 0.565 bits per heavy atom. The smallest absolute Gasteiger partial charge is 0.446 e. The number of epoxide rings is 1. The molecule has 0 amide bonds. The minimum absolute atomic E-state index is 0.00993. The second-order valence-corrected chi connectivity index (χ2v) is 14.5. The molecule has 3 unspecified atom stereocenters. The summed E-state index contributed by atoms with van der Waals surface area (Å²) in [6.07, 6.45) is -18.9. The van der Waals surface area contributed by atoms with Gasteiger partial charge in [0.05, 0.1) is 47.4 Å². The van der Waals surface area contributed by atoms with Gasteiger partial charge in [0, 0.05) is 12.8 Å². The van der Waals surface area contributed by atoms with Gasteiger partial charge < -0.3 is 38.3 Å². The van der Waals surface area contributed by atoms with Crippen LogP contribution in [0.25, 0.3) is 0 Å². The molecule has 10 nitrogen and oxygen atoms in total. The molecule has 0 aromatic rings. The van der Waals surface area contributed by atoms with Crippen LogP contribution in [0.4, 0.5) is 74.6 Å². The highest BCUT2D eigenvalue weighted by molar-refractivity contribution is 6.61. The second-order valence-electron chi connectivity index (χ2n) is 10.6. The van der Waals surface area contributed by atoms with E-state index in [1.165, 1.54) is 0 Å². The summed E-state index contributed by atoms with van der Waals surface area (Å²) in [5, 5.41) is -0.0371. The topological polar surface area (TPSA) is 107 Å². The lowest BCUT2D eigenvalue weighted by molar-refractivity contribution is -0.353. The van der Waals surface area contributed by atoms with Crippen LogP contribution in [0.5, 0.6) is 0 Å². The maximum atomic E-state index is 12.8. The molecule has 5 aliphatic rings. The third-order valence-electron chi connectivity index (χ3n) is 5.82. The zero-order chi connectivity index (χ0) is 50.9. The van der Waals surface area contributed by atoms with E-state index in [9.17, 15) is 74.6 Å². The Kier molecular flexibility index (Phi) is 28.8. The molecule has 0 aromatic carbocycles. The van der Waals surface area contributed by atoms with Gasteiger partial charge in [-0.25, -0.2) is 0 Å². The molecule has 62 heavy (non-hydrogen) atoms. The SMILES string of the molecule is C1CO1.C=C.CC1(C(F)(F)F)OC(Cl)(Cl)C(Cl)(Cl)O1.CC1(C(F)(F)F)OC(F)(Cl)C(F)(Cl)O1.CC1(C(F)(F)F)OC=C(F)O1.CC1(C(F)(F)F)OCCO1.CF.CF.OCCCl. The molecule has 5 rings (SSSR count). The summed E-state index contributed by atoms with van der Waals surface area (Å²) in [4.78, 5) is 0. The van der Waals surface area contributed by atoms with Crippen molar-refractivity contribution in [1.29, 1.82) is 0 Å². The normalized spacial score (nSPS) is 29.2. The van der Waals surface area contributed by atoms with E-state index in [4.69, 9.17) is 63.1 Å². The molecular weight excluding hydrogens is 1070 g/mol.